The summed E-state index contributed by atoms with van der Waals surface area (Å²) >= 11 is 0. The quantitative estimate of drug-likeness (QED) is 0.134. The van der Waals surface area contributed by atoms with E-state index >= 15 is 0 Å². The molecule has 0 radical (unpaired) electrons. The summed E-state index contributed by atoms with van der Waals surface area (Å²) in [5.74, 6) is 0.612. The lowest BCUT2D eigenvalue weighted by molar-refractivity contribution is 0.0484. The second-order valence-electron chi connectivity index (χ2n) is 11.0. The molecule has 0 aromatic rings. The van der Waals surface area contributed by atoms with Gasteiger partial charge in [0.15, 0.2) is 8.32 Å². The largest absolute Gasteiger partial charge is 0.414 e. The third-order valence-electron chi connectivity index (χ3n) is 6.91. The van der Waals surface area contributed by atoms with Gasteiger partial charge in [0.05, 0.1) is 12.4 Å². The van der Waals surface area contributed by atoms with Crippen molar-refractivity contribution in [2.75, 3.05) is 6.26 Å². The van der Waals surface area contributed by atoms with Crippen LogP contribution >= 0.6 is 0 Å². The van der Waals surface area contributed by atoms with E-state index in [1.807, 2.05) is 0 Å². The molecule has 0 fully saturated rings. The zero-order valence-corrected chi connectivity index (χ0v) is 23.5. The van der Waals surface area contributed by atoms with Gasteiger partial charge in [-0.25, -0.2) is 0 Å². The fourth-order valence-electron chi connectivity index (χ4n) is 3.54. The lowest BCUT2D eigenvalue weighted by atomic mass is 9.90. The molecule has 0 heterocycles. The van der Waals surface area contributed by atoms with E-state index in [0.29, 0.717) is 5.92 Å². The van der Waals surface area contributed by atoms with E-state index in [4.69, 9.17) is 8.61 Å². The van der Waals surface area contributed by atoms with E-state index in [1.165, 1.54) is 44.9 Å². The van der Waals surface area contributed by atoms with Crippen LogP contribution in [0.1, 0.15) is 106 Å². The van der Waals surface area contributed by atoms with Crippen LogP contribution in [0.4, 0.5) is 0 Å². The Morgan fingerprint density at radius 1 is 0.867 bits per heavy atom. The lowest BCUT2D eigenvalue weighted by Gasteiger charge is -2.41. The monoisotopic (exact) mass is 464 g/mol. The van der Waals surface area contributed by atoms with Crippen molar-refractivity contribution >= 4 is 18.4 Å². The SMILES string of the molecule is CCCCCCCC[C@H](C)CC[C@@H](OS(C)(=O)=O)[C@H](C)[C@@H](C)O[Si](C)(C)C(C)(C)C. The molecular weight excluding hydrogens is 412 g/mol. The smallest absolute Gasteiger partial charge is 0.264 e. The van der Waals surface area contributed by atoms with Crippen molar-refractivity contribution in [2.45, 2.75) is 137 Å². The first-order valence-electron chi connectivity index (χ1n) is 12.2. The van der Waals surface area contributed by atoms with E-state index in [1.54, 1.807) is 0 Å². The maximum atomic E-state index is 11.9. The molecule has 0 amide bonds. The zero-order chi connectivity index (χ0) is 23.6. The van der Waals surface area contributed by atoms with Crippen molar-refractivity contribution in [1.82, 2.24) is 0 Å². The van der Waals surface area contributed by atoms with Crippen molar-refractivity contribution in [3.63, 3.8) is 0 Å². The zero-order valence-electron chi connectivity index (χ0n) is 21.7. The van der Waals surface area contributed by atoms with Gasteiger partial charge in [0.2, 0.25) is 0 Å². The molecule has 0 N–H and O–H groups in total. The van der Waals surface area contributed by atoms with Gasteiger partial charge in [0, 0.05) is 12.0 Å². The Morgan fingerprint density at radius 3 is 1.90 bits per heavy atom. The molecular formula is C24H52O4SSi. The molecule has 0 aromatic heterocycles. The summed E-state index contributed by atoms with van der Waals surface area (Å²) < 4.78 is 35.9. The second kappa shape index (κ2) is 13.6. The van der Waals surface area contributed by atoms with E-state index in [9.17, 15) is 8.42 Å². The summed E-state index contributed by atoms with van der Waals surface area (Å²) in [5.41, 5.74) is 0. The standard InChI is InChI=1S/C24H52O4SSi/c1-11-12-13-14-15-16-17-20(2)18-19-23(27-29(8,25)26)21(3)22(4)28-30(9,10)24(5,6)7/h20-23H,11-19H2,1-10H3/t20-,21+,22+,23+/m0/s1. The molecule has 4 nitrogen and oxygen atoms in total. The normalized spacial score (nSPS) is 17.5. The second-order valence-corrected chi connectivity index (χ2v) is 17.4. The first-order valence-corrected chi connectivity index (χ1v) is 16.9. The minimum Gasteiger partial charge on any atom is -0.414 e. The van der Waals surface area contributed by atoms with Crippen LogP contribution in [0, 0.1) is 11.8 Å². The Balaban J connectivity index is 4.79. The molecule has 0 bridgehead atoms. The lowest BCUT2D eigenvalue weighted by Crippen LogP contribution is -2.46. The van der Waals surface area contributed by atoms with Crippen molar-refractivity contribution in [3.8, 4) is 0 Å². The Bertz CT molecular complexity index is 554. The summed E-state index contributed by atoms with van der Waals surface area (Å²) in [4.78, 5) is 0. The van der Waals surface area contributed by atoms with Gasteiger partial charge in [0.25, 0.3) is 10.1 Å². The van der Waals surface area contributed by atoms with Crippen LogP contribution in [0.2, 0.25) is 18.1 Å². The fraction of sp³-hybridized carbons (Fsp3) is 1.00. The summed E-state index contributed by atoms with van der Waals surface area (Å²) in [5, 5.41) is 0.125. The van der Waals surface area contributed by atoms with Crippen LogP contribution in [0.25, 0.3) is 0 Å². The molecule has 0 unspecified atom stereocenters. The number of rotatable bonds is 16. The van der Waals surface area contributed by atoms with Crippen molar-refractivity contribution in [1.29, 1.82) is 0 Å². The number of hydrogen-bond donors (Lipinski definition) is 0. The Labute approximate surface area is 190 Å². The molecule has 0 aliphatic carbocycles. The molecule has 6 heteroatoms. The van der Waals surface area contributed by atoms with Gasteiger partial charge in [-0.15, -0.1) is 0 Å². The molecule has 4 atom stereocenters. The summed E-state index contributed by atoms with van der Waals surface area (Å²) in [7, 11) is -5.41. The number of unbranched alkanes of at least 4 members (excludes halogenated alkanes) is 5. The van der Waals surface area contributed by atoms with Crippen molar-refractivity contribution < 1.29 is 17.0 Å². The van der Waals surface area contributed by atoms with Crippen LogP contribution in [0.5, 0.6) is 0 Å². The van der Waals surface area contributed by atoms with Gasteiger partial charge < -0.3 is 4.43 Å². The summed E-state index contributed by atoms with van der Waals surface area (Å²) in [6.07, 6.45) is 11.6. The highest BCUT2D eigenvalue weighted by atomic mass is 32.2. The average molecular weight is 465 g/mol. The average Bonchev–Trinajstić information content (AvgIpc) is 2.58. The van der Waals surface area contributed by atoms with Gasteiger partial charge in [0.1, 0.15) is 0 Å². The predicted octanol–water partition coefficient (Wildman–Crippen LogP) is 7.54. The summed E-state index contributed by atoms with van der Waals surface area (Å²) in [6, 6.07) is 0. The van der Waals surface area contributed by atoms with Crippen LogP contribution in [-0.4, -0.2) is 35.2 Å². The molecule has 0 aliphatic rings. The van der Waals surface area contributed by atoms with Crippen LogP contribution in [-0.2, 0) is 18.7 Å². The Kier molecular flexibility index (Phi) is 13.6. The Hall–Kier alpha value is 0.0869. The van der Waals surface area contributed by atoms with E-state index in [-0.39, 0.29) is 23.2 Å². The first-order chi connectivity index (χ1) is 13.6. The van der Waals surface area contributed by atoms with Crippen LogP contribution < -0.4 is 0 Å². The fourth-order valence-corrected chi connectivity index (χ4v) is 5.76. The molecule has 0 spiro atoms. The highest BCUT2D eigenvalue weighted by molar-refractivity contribution is 7.86. The van der Waals surface area contributed by atoms with Gasteiger partial charge >= 0.3 is 0 Å². The highest BCUT2D eigenvalue weighted by Gasteiger charge is 2.40. The minimum absolute atomic E-state index is 0.0232. The highest BCUT2D eigenvalue weighted by Crippen LogP contribution is 2.38. The maximum absolute atomic E-state index is 11.9. The van der Waals surface area contributed by atoms with Crippen molar-refractivity contribution in [3.05, 3.63) is 0 Å². The maximum Gasteiger partial charge on any atom is 0.264 e. The van der Waals surface area contributed by atoms with E-state index in [2.05, 4.69) is 61.6 Å². The van der Waals surface area contributed by atoms with Gasteiger partial charge in [-0.2, -0.15) is 8.42 Å². The molecule has 0 aromatic carbocycles. The first kappa shape index (κ1) is 30.1. The third-order valence-corrected chi connectivity index (χ3v) is 12.1. The van der Waals surface area contributed by atoms with E-state index in [0.717, 1.165) is 19.1 Å². The Morgan fingerprint density at radius 2 is 1.40 bits per heavy atom. The molecule has 182 valence electrons. The topological polar surface area (TPSA) is 52.6 Å². The van der Waals surface area contributed by atoms with Gasteiger partial charge in [-0.1, -0.05) is 86.5 Å². The summed E-state index contributed by atoms with van der Waals surface area (Å²) in [6.45, 7) is 19.8. The van der Waals surface area contributed by atoms with Crippen LogP contribution in [0.15, 0.2) is 0 Å². The van der Waals surface area contributed by atoms with Gasteiger partial charge in [-0.05, 0) is 43.8 Å². The molecule has 0 rings (SSSR count). The predicted molar refractivity (Wildman–Crippen MR) is 133 cm³/mol. The van der Waals surface area contributed by atoms with Crippen LogP contribution in [0.3, 0.4) is 0 Å². The van der Waals surface area contributed by atoms with Gasteiger partial charge in [-0.3, -0.25) is 4.18 Å². The minimum atomic E-state index is -3.50. The molecule has 0 saturated heterocycles. The molecule has 0 saturated carbocycles. The van der Waals surface area contributed by atoms with Crippen molar-refractivity contribution in [2.24, 2.45) is 11.8 Å². The molecule has 30 heavy (non-hydrogen) atoms. The third kappa shape index (κ3) is 12.8. The molecule has 0 aliphatic heterocycles. The van der Waals surface area contributed by atoms with E-state index < -0.39 is 18.4 Å². The number of hydrogen-bond acceptors (Lipinski definition) is 4.